The number of para-hydroxylation sites is 1. The highest BCUT2D eigenvalue weighted by atomic mass is 35.5. The van der Waals surface area contributed by atoms with Crippen LogP contribution in [0.25, 0.3) is 0 Å². The maximum atomic E-state index is 12.7. The Morgan fingerprint density at radius 2 is 2.00 bits per heavy atom. The van der Waals surface area contributed by atoms with Gasteiger partial charge in [-0.3, -0.25) is 4.79 Å². The number of carbonyl (C=O) groups is 1. The third-order valence-corrected chi connectivity index (χ3v) is 4.83. The van der Waals surface area contributed by atoms with Gasteiger partial charge < -0.3 is 9.64 Å². The molecule has 3 nitrogen and oxygen atoms in total. The van der Waals surface area contributed by atoms with Crippen LogP contribution in [0.5, 0.6) is 5.75 Å². The van der Waals surface area contributed by atoms with Crippen molar-refractivity contribution in [1.82, 2.24) is 4.90 Å². The Hall–Kier alpha value is -1.71. The van der Waals surface area contributed by atoms with Crippen molar-refractivity contribution in [1.29, 1.82) is 0 Å². The molecule has 0 saturated carbocycles. The summed E-state index contributed by atoms with van der Waals surface area (Å²) in [5.74, 6) is 0.733. The number of ether oxygens (including phenoxy) is 1. The minimum atomic E-state index is -0.481. The monoisotopic (exact) mass is 349 g/mol. The first-order valence-corrected chi connectivity index (χ1v) is 8.19. The van der Waals surface area contributed by atoms with Crippen molar-refractivity contribution < 1.29 is 9.53 Å². The molecule has 5 heteroatoms. The Balaban J connectivity index is 1.75. The van der Waals surface area contributed by atoms with Crippen molar-refractivity contribution >= 4 is 29.1 Å². The summed E-state index contributed by atoms with van der Waals surface area (Å²) in [5.41, 5.74) is 1.93. The first-order valence-electron chi connectivity index (χ1n) is 7.43. The molecule has 0 unspecified atom stereocenters. The first-order chi connectivity index (χ1) is 11.0. The van der Waals surface area contributed by atoms with Gasteiger partial charge in [-0.15, -0.1) is 0 Å². The van der Waals surface area contributed by atoms with E-state index in [2.05, 4.69) is 0 Å². The first kappa shape index (κ1) is 16.2. The average molecular weight is 350 g/mol. The Morgan fingerprint density at radius 3 is 2.70 bits per heavy atom. The molecule has 0 N–H and O–H groups in total. The molecular weight excluding hydrogens is 333 g/mol. The number of likely N-dealkylation sites (N-methyl/N-ethyl adjacent to an activating group) is 1. The Bertz CT molecular complexity index is 723. The zero-order chi connectivity index (χ0) is 16.6. The van der Waals surface area contributed by atoms with E-state index in [1.807, 2.05) is 37.3 Å². The van der Waals surface area contributed by atoms with Crippen molar-refractivity contribution in [3.8, 4) is 5.75 Å². The third-order valence-electron chi connectivity index (χ3n) is 4.26. The van der Waals surface area contributed by atoms with Crippen LogP contribution in [0, 0.1) is 0 Å². The van der Waals surface area contributed by atoms with E-state index in [4.69, 9.17) is 27.9 Å². The normalized spacial score (nSPS) is 17.3. The number of hydrogen-bond donors (Lipinski definition) is 0. The molecule has 120 valence electrons. The van der Waals surface area contributed by atoms with Gasteiger partial charge in [-0.1, -0.05) is 47.5 Å². The number of rotatable bonds is 3. The molecule has 0 spiro atoms. The van der Waals surface area contributed by atoms with E-state index in [1.165, 1.54) is 0 Å². The quantitative estimate of drug-likeness (QED) is 0.815. The Morgan fingerprint density at radius 1 is 1.26 bits per heavy atom. The second-order valence-electron chi connectivity index (χ2n) is 5.71. The third kappa shape index (κ3) is 3.17. The summed E-state index contributed by atoms with van der Waals surface area (Å²) in [7, 11) is 1.77. The van der Waals surface area contributed by atoms with Crippen LogP contribution in [-0.4, -0.2) is 24.0 Å². The van der Waals surface area contributed by atoms with Gasteiger partial charge in [0, 0.05) is 23.5 Å². The smallest absolute Gasteiger partial charge is 0.264 e. The molecule has 0 aromatic heterocycles. The van der Waals surface area contributed by atoms with E-state index >= 15 is 0 Å². The van der Waals surface area contributed by atoms with Crippen LogP contribution in [0.15, 0.2) is 42.5 Å². The zero-order valence-electron chi connectivity index (χ0n) is 12.9. The van der Waals surface area contributed by atoms with Crippen LogP contribution in [0.1, 0.15) is 24.1 Å². The summed E-state index contributed by atoms with van der Waals surface area (Å²) in [6.07, 6.45) is 0.117. The summed E-state index contributed by atoms with van der Waals surface area (Å²) in [4.78, 5) is 14.4. The van der Waals surface area contributed by atoms with Crippen LogP contribution >= 0.6 is 23.2 Å². The van der Waals surface area contributed by atoms with Crippen molar-refractivity contribution in [3.05, 3.63) is 63.6 Å². The second-order valence-corrected chi connectivity index (χ2v) is 6.55. The number of amides is 1. The van der Waals surface area contributed by atoms with E-state index in [-0.39, 0.29) is 11.9 Å². The number of fused-ring (bicyclic) bond motifs is 1. The van der Waals surface area contributed by atoms with Crippen LogP contribution in [0.2, 0.25) is 10.0 Å². The molecule has 23 heavy (non-hydrogen) atoms. The van der Waals surface area contributed by atoms with E-state index < -0.39 is 6.10 Å². The summed E-state index contributed by atoms with van der Waals surface area (Å²) >= 11 is 12.2. The minimum Gasteiger partial charge on any atom is -0.480 e. The van der Waals surface area contributed by atoms with Gasteiger partial charge in [-0.25, -0.2) is 0 Å². The molecule has 0 bridgehead atoms. The second kappa shape index (κ2) is 6.42. The van der Waals surface area contributed by atoms with Crippen LogP contribution in [0.4, 0.5) is 0 Å². The SMILES string of the molecule is C[C@@H](c1ccc(Cl)cc1Cl)N(C)C(=O)[C@H]1Cc2ccccc2O1. The standard InChI is InChI=1S/C18H17Cl2NO2/c1-11(14-8-7-13(19)10-15(14)20)21(2)18(22)17-9-12-5-3-4-6-16(12)23-17/h3-8,10-11,17H,9H2,1-2H3/t11-,17+/m0/s1. The number of hydrogen-bond acceptors (Lipinski definition) is 2. The fourth-order valence-corrected chi connectivity index (χ4v) is 3.35. The largest absolute Gasteiger partial charge is 0.480 e. The van der Waals surface area contributed by atoms with Crippen LogP contribution in [0.3, 0.4) is 0 Å². The topological polar surface area (TPSA) is 29.5 Å². The van der Waals surface area contributed by atoms with Crippen LogP contribution < -0.4 is 4.74 Å². The Labute approximate surface area is 145 Å². The molecule has 2 atom stereocenters. The molecule has 1 heterocycles. The minimum absolute atomic E-state index is 0.0558. The zero-order valence-corrected chi connectivity index (χ0v) is 14.4. The highest BCUT2D eigenvalue weighted by molar-refractivity contribution is 6.35. The van der Waals surface area contributed by atoms with Gasteiger partial charge in [-0.2, -0.15) is 0 Å². The number of carbonyl (C=O) groups excluding carboxylic acids is 1. The van der Waals surface area contributed by atoms with Crippen LogP contribution in [-0.2, 0) is 11.2 Å². The summed E-state index contributed by atoms with van der Waals surface area (Å²) < 4.78 is 5.78. The molecule has 2 aromatic carbocycles. The molecule has 0 saturated heterocycles. The van der Waals surface area contributed by atoms with Gasteiger partial charge in [0.05, 0.1) is 6.04 Å². The summed E-state index contributed by atoms with van der Waals surface area (Å²) in [5, 5.41) is 1.13. The molecule has 0 aliphatic carbocycles. The van der Waals surface area contributed by atoms with Gasteiger partial charge in [0.1, 0.15) is 5.75 Å². The Kier molecular flexibility index (Phi) is 4.51. The number of nitrogens with zero attached hydrogens (tertiary/aromatic N) is 1. The maximum Gasteiger partial charge on any atom is 0.264 e. The van der Waals surface area contributed by atoms with E-state index in [0.717, 1.165) is 16.9 Å². The lowest BCUT2D eigenvalue weighted by Crippen LogP contribution is -2.40. The highest BCUT2D eigenvalue weighted by Crippen LogP contribution is 2.32. The van der Waals surface area contributed by atoms with Gasteiger partial charge in [0.15, 0.2) is 6.10 Å². The van der Waals surface area contributed by atoms with E-state index in [1.54, 1.807) is 24.1 Å². The molecular formula is C18H17Cl2NO2. The predicted octanol–water partition coefficient (Wildman–Crippen LogP) is 4.52. The molecule has 1 amide bonds. The molecule has 0 fully saturated rings. The molecule has 1 aliphatic rings. The maximum absolute atomic E-state index is 12.7. The molecule has 1 aliphatic heterocycles. The lowest BCUT2D eigenvalue weighted by atomic mass is 10.1. The van der Waals surface area contributed by atoms with Crippen molar-refractivity contribution in [2.45, 2.75) is 25.5 Å². The van der Waals surface area contributed by atoms with E-state index in [0.29, 0.717) is 16.5 Å². The highest BCUT2D eigenvalue weighted by Gasteiger charge is 2.33. The summed E-state index contributed by atoms with van der Waals surface area (Å²) in [6.45, 7) is 1.94. The fourth-order valence-electron chi connectivity index (χ4n) is 2.79. The van der Waals surface area contributed by atoms with Gasteiger partial charge in [-0.05, 0) is 36.2 Å². The van der Waals surface area contributed by atoms with E-state index in [9.17, 15) is 4.79 Å². The van der Waals surface area contributed by atoms with Crippen molar-refractivity contribution in [2.24, 2.45) is 0 Å². The fraction of sp³-hybridized carbons (Fsp3) is 0.278. The molecule has 3 rings (SSSR count). The molecule has 2 aromatic rings. The summed E-state index contributed by atoms with van der Waals surface area (Å²) in [6, 6.07) is 12.9. The number of halogens is 2. The van der Waals surface area contributed by atoms with Gasteiger partial charge in [0.2, 0.25) is 0 Å². The lowest BCUT2D eigenvalue weighted by molar-refractivity contribution is -0.138. The molecule has 0 radical (unpaired) electrons. The van der Waals surface area contributed by atoms with Crippen molar-refractivity contribution in [2.75, 3.05) is 7.05 Å². The van der Waals surface area contributed by atoms with Gasteiger partial charge >= 0.3 is 0 Å². The van der Waals surface area contributed by atoms with Crippen molar-refractivity contribution in [3.63, 3.8) is 0 Å². The predicted molar refractivity (Wildman–Crippen MR) is 92.2 cm³/mol. The lowest BCUT2D eigenvalue weighted by Gasteiger charge is -2.28. The van der Waals surface area contributed by atoms with Gasteiger partial charge in [0.25, 0.3) is 5.91 Å². The number of benzene rings is 2. The average Bonchev–Trinajstić information content (AvgIpc) is 2.97.